The molecule has 2 N–H and O–H groups in total. The second-order valence-corrected chi connectivity index (χ2v) is 6.48. The molecule has 134 valence electrons. The molecule has 2 amide bonds. The highest BCUT2D eigenvalue weighted by atomic mass is 16.5. The van der Waals surface area contributed by atoms with Gasteiger partial charge in [0.15, 0.2) is 0 Å². The lowest BCUT2D eigenvalue weighted by atomic mass is 10.0. The first-order valence-electron chi connectivity index (χ1n) is 8.71. The lowest BCUT2D eigenvalue weighted by Crippen LogP contribution is -2.42. The molecule has 24 heavy (non-hydrogen) atoms. The van der Waals surface area contributed by atoms with Gasteiger partial charge < -0.3 is 20.1 Å². The normalized spacial score (nSPS) is 18.4. The van der Waals surface area contributed by atoms with Crippen molar-refractivity contribution in [1.82, 2.24) is 20.7 Å². The van der Waals surface area contributed by atoms with E-state index in [1.54, 1.807) is 13.8 Å². The zero-order chi connectivity index (χ0) is 17.5. The van der Waals surface area contributed by atoms with Crippen molar-refractivity contribution in [3.8, 4) is 0 Å². The average Bonchev–Trinajstić information content (AvgIpc) is 2.89. The molecule has 1 atom stereocenters. The van der Waals surface area contributed by atoms with E-state index in [0.717, 1.165) is 30.8 Å². The van der Waals surface area contributed by atoms with Crippen molar-refractivity contribution < 1.29 is 14.1 Å². The molecule has 0 bridgehead atoms. The highest BCUT2D eigenvalue weighted by Gasteiger charge is 2.18. The predicted molar refractivity (Wildman–Crippen MR) is 90.3 cm³/mol. The number of rotatable bonds is 6. The molecule has 0 radical (unpaired) electrons. The van der Waals surface area contributed by atoms with Crippen LogP contribution in [0.5, 0.6) is 0 Å². The molecule has 7 heteroatoms. The van der Waals surface area contributed by atoms with Crippen LogP contribution in [0.1, 0.15) is 49.6 Å². The average molecular weight is 336 g/mol. The fourth-order valence-corrected chi connectivity index (χ4v) is 3.06. The largest absolute Gasteiger partial charge is 0.361 e. The summed E-state index contributed by atoms with van der Waals surface area (Å²) in [6.07, 6.45) is 4.66. The van der Waals surface area contributed by atoms with Crippen molar-refractivity contribution >= 4 is 11.8 Å². The van der Waals surface area contributed by atoms with Gasteiger partial charge in [0.2, 0.25) is 0 Å². The monoisotopic (exact) mass is 336 g/mol. The third-order valence-electron chi connectivity index (χ3n) is 4.66. The van der Waals surface area contributed by atoms with Crippen LogP contribution in [0.4, 0.5) is 0 Å². The molecule has 0 aromatic carbocycles. The minimum Gasteiger partial charge on any atom is -0.361 e. The summed E-state index contributed by atoms with van der Waals surface area (Å²) in [4.78, 5) is 26.1. The van der Waals surface area contributed by atoms with E-state index in [1.165, 1.54) is 19.3 Å². The molecule has 2 heterocycles. The summed E-state index contributed by atoms with van der Waals surface area (Å²) in [6, 6.07) is 0.618. The third kappa shape index (κ3) is 5.06. The number of aryl methyl sites for hydroxylation is 2. The molecule has 0 saturated carbocycles. The topological polar surface area (TPSA) is 87.5 Å². The molecule has 1 fully saturated rings. The Morgan fingerprint density at radius 2 is 2.00 bits per heavy atom. The van der Waals surface area contributed by atoms with Gasteiger partial charge in [0.25, 0.3) is 0 Å². The van der Waals surface area contributed by atoms with Gasteiger partial charge in [-0.15, -0.1) is 0 Å². The van der Waals surface area contributed by atoms with E-state index in [2.05, 4.69) is 27.6 Å². The van der Waals surface area contributed by atoms with Crippen LogP contribution in [0.2, 0.25) is 0 Å². The van der Waals surface area contributed by atoms with Crippen molar-refractivity contribution in [2.45, 2.75) is 59.0 Å². The van der Waals surface area contributed by atoms with Gasteiger partial charge in [0, 0.05) is 31.2 Å². The molecule has 1 aromatic rings. The minimum atomic E-state index is -0.624. The smallest absolute Gasteiger partial charge is 0.309 e. The zero-order valence-electron chi connectivity index (χ0n) is 14.9. The van der Waals surface area contributed by atoms with E-state index >= 15 is 0 Å². The van der Waals surface area contributed by atoms with Crippen LogP contribution in [-0.4, -0.2) is 47.5 Å². The summed E-state index contributed by atoms with van der Waals surface area (Å²) in [6.45, 7) is 8.69. The van der Waals surface area contributed by atoms with Crippen LogP contribution in [0, 0.1) is 13.8 Å². The van der Waals surface area contributed by atoms with Crippen molar-refractivity contribution in [2.75, 3.05) is 19.6 Å². The lowest BCUT2D eigenvalue weighted by Gasteiger charge is -2.33. The fraction of sp³-hybridized carbons (Fsp3) is 0.706. The van der Waals surface area contributed by atoms with Gasteiger partial charge >= 0.3 is 11.8 Å². The first-order valence-corrected chi connectivity index (χ1v) is 8.71. The number of amides is 2. The second kappa shape index (κ2) is 8.82. The van der Waals surface area contributed by atoms with E-state index in [4.69, 9.17) is 4.52 Å². The fourth-order valence-electron chi connectivity index (χ4n) is 3.06. The number of piperidine rings is 1. The van der Waals surface area contributed by atoms with Crippen molar-refractivity contribution in [2.24, 2.45) is 0 Å². The van der Waals surface area contributed by atoms with Gasteiger partial charge in [-0.05, 0) is 46.6 Å². The van der Waals surface area contributed by atoms with Crippen LogP contribution in [0.3, 0.4) is 0 Å². The van der Waals surface area contributed by atoms with Crippen LogP contribution in [0.15, 0.2) is 4.52 Å². The number of hydrogen-bond donors (Lipinski definition) is 2. The van der Waals surface area contributed by atoms with E-state index in [9.17, 15) is 9.59 Å². The number of nitrogens with one attached hydrogen (secondary N) is 2. The molecular weight excluding hydrogens is 308 g/mol. The maximum absolute atomic E-state index is 11.8. The molecule has 1 aliphatic rings. The number of hydrogen-bond acceptors (Lipinski definition) is 5. The Morgan fingerprint density at radius 1 is 1.25 bits per heavy atom. The highest BCUT2D eigenvalue weighted by Crippen LogP contribution is 2.16. The molecule has 1 aliphatic heterocycles. The van der Waals surface area contributed by atoms with Gasteiger partial charge in [0.05, 0.1) is 5.69 Å². The van der Waals surface area contributed by atoms with Gasteiger partial charge in [0.1, 0.15) is 5.76 Å². The predicted octanol–water partition coefficient (Wildman–Crippen LogP) is 1.29. The lowest BCUT2D eigenvalue weighted by molar-refractivity contribution is -0.139. The highest BCUT2D eigenvalue weighted by molar-refractivity contribution is 6.35. The SMILES string of the molecule is Cc1noc(C)c1CNC(=O)C(=O)NCCCN1CCCC[C@H]1C. The van der Waals surface area contributed by atoms with E-state index in [1.807, 2.05) is 0 Å². The maximum Gasteiger partial charge on any atom is 0.309 e. The Bertz CT molecular complexity index is 551. The van der Waals surface area contributed by atoms with Crippen molar-refractivity contribution in [3.63, 3.8) is 0 Å². The molecule has 7 nitrogen and oxygen atoms in total. The summed E-state index contributed by atoms with van der Waals surface area (Å²) in [5, 5.41) is 9.10. The van der Waals surface area contributed by atoms with Gasteiger partial charge in [-0.3, -0.25) is 9.59 Å². The Hall–Kier alpha value is -1.89. The Balaban J connectivity index is 1.64. The summed E-state index contributed by atoms with van der Waals surface area (Å²) >= 11 is 0. The second-order valence-electron chi connectivity index (χ2n) is 6.48. The van der Waals surface area contributed by atoms with E-state index in [0.29, 0.717) is 18.3 Å². The number of carbonyl (C=O) groups is 2. The standard InChI is InChI=1S/C17H28N4O3/c1-12-7-4-5-9-21(12)10-6-8-18-16(22)17(23)19-11-15-13(2)20-24-14(15)3/h12H,4-11H2,1-3H3,(H,18,22)(H,19,23)/t12-/m1/s1. The Labute approximate surface area is 143 Å². The molecule has 1 aromatic heterocycles. The number of carbonyl (C=O) groups excluding carboxylic acids is 2. The molecule has 0 spiro atoms. The number of nitrogens with zero attached hydrogens (tertiary/aromatic N) is 2. The quantitative estimate of drug-likeness (QED) is 0.604. The molecule has 0 unspecified atom stereocenters. The zero-order valence-corrected chi connectivity index (χ0v) is 14.9. The van der Waals surface area contributed by atoms with E-state index in [-0.39, 0.29) is 6.54 Å². The summed E-state index contributed by atoms with van der Waals surface area (Å²) in [7, 11) is 0. The first kappa shape index (κ1) is 18.4. The Morgan fingerprint density at radius 3 is 2.67 bits per heavy atom. The van der Waals surface area contributed by atoms with Crippen molar-refractivity contribution in [3.05, 3.63) is 17.0 Å². The number of aromatic nitrogens is 1. The first-order chi connectivity index (χ1) is 11.5. The molecular formula is C17H28N4O3. The number of likely N-dealkylation sites (tertiary alicyclic amines) is 1. The van der Waals surface area contributed by atoms with Crippen LogP contribution < -0.4 is 10.6 Å². The van der Waals surface area contributed by atoms with Crippen LogP contribution in [0.25, 0.3) is 0 Å². The van der Waals surface area contributed by atoms with Crippen LogP contribution >= 0.6 is 0 Å². The van der Waals surface area contributed by atoms with Crippen molar-refractivity contribution in [1.29, 1.82) is 0 Å². The van der Waals surface area contributed by atoms with Gasteiger partial charge in [-0.1, -0.05) is 11.6 Å². The molecule has 2 rings (SSSR count). The van der Waals surface area contributed by atoms with E-state index < -0.39 is 11.8 Å². The van der Waals surface area contributed by atoms with Gasteiger partial charge in [-0.25, -0.2) is 0 Å². The third-order valence-corrected chi connectivity index (χ3v) is 4.66. The Kier molecular flexibility index (Phi) is 6.78. The van der Waals surface area contributed by atoms with Crippen LogP contribution in [-0.2, 0) is 16.1 Å². The summed E-state index contributed by atoms with van der Waals surface area (Å²) < 4.78 is 5.03. The summed E-state index contributed by atoms with van der Waals surface area (Å²) in [5.74, 6) is -0.557. The maximum atomic E-state index is 11.8. The summed E-state index contributed by atoms with van der Waals surface area (Å²) in [5.41, 5.74) is 1.54. The molecule has 0 aliphatic carbocycles. The minimum absolute atomic E-state index is 0.249. The molecule has 1 saturated heterocycles. The van der Waals surface area contributed by atoms with Gasteiger partial charge in [-0.2, -0.15) is 0 Å².